The third-order valence-electron chi connectivity index (χ3n) is 2.44. The molecular formula is C13H18N2O3S. The molecule has 0 aliphatic carbocycles. The molecule has 0 saturated heterocycles. The van der Waals surface area contributed by atoms with E-state index in [1.165, 1.54) is 12.1 Å². The summed E-state index contributed by atoms with van der Waals surface area (Å²) in [4.78, 5) is 6.10. The molecule has 0 spiro atoms. The summed E-state index contributed by atoms with van der Waals surface area (Å²) in [5.74, 6) is 0. The van der Waals surface area contributed by atoms with Crippen LogP contribution in [-0.2, 0) is 10.1 Å². The summed E-state index contributed by atoms with van der Waals surface area (Å²) in [7, 11) is -4.02. The first-order valence-electron chi connectivity index (χ1n) is 5.82. The molecule has 1 aromatic rings. The van der Waals surface area contributed by atoms with Crippen LogP contribution in [0.5, 0.6) is 0 Å². The average molecular weight is 282 g/mol. The lowest BCUT2D eigenvalue weighted by molar-refractivity contribution is 0.483. The van der Waals surface area contributed by atoms with Crippen molar-refractivity contribution in [2.24, 2.45) is 4.99 Å². The van der Waals surface area contributed by atoms with Gasteiger partial charge in [0, 0.05) is 13.1 Å². The maximum absolute atomic E-state index is 10.5. The van der Waals surface area contributed by atoms with E-state index in [1.807, 2.05) is 19.3 Å². The van der Waals surface area contributed by atoms with Crippen molar-refractivity contribution in [2.45, 2.75) is 11.8 Å². The van der Waals surface area contributed by atoms with Crippen molar-refractivity contribution in [3.63, 3.8) is 0 Å². The highest BCUT2D eigenvalue weighted by Gasteiger charge is 2.06. The lowest BCUT2D eigenvalue weighted by Gasteiger charge is -2.08. The molecule has 6 heteroatoms. The lowest BCUT2D eigenvalue weighted by Crippen LogP contribution is -2.18. The average Bonchev–Trinajstić information content (AvgIpc) is 2.83. The molecule has 1 aliphatic rings. The fraction of sp³-hybridized carbons (Fsp3) is 0.308. The molecule has 5 nitrogen and oxygen atoms in total. The predicted octanol–water partition coefficient (Wildman–Crippen LogP) is 1.76. The van der Waals surface area contributed by atoms with Crippen molar-refractivity contribution in [3.05, 3.63) is 42.5 Å². The molecule has 0 radical (unpaired) electrons. The van der Waals surface area contributed by atoms with Crippen LogP contribution in [0.15, 0.2) is 46.8 Å². The zero-order chi connectivity index (χ0) is 14.3. The van der Waals surface area contributed by atoms with Gasteiger partial charge in [-0.05, 0) is 19.1 Å². The van der Waals surface area contributed by atoms with Gasteiger partial charge in [-0.2, -0.15) is 8.42 Å². The van der Waals surface area contributed by atoms with E-state index in [1.54, 1.807) is 12.1 Å². The van der Waals surface area contributed by atoms with E-state index in [0.29, 0.717) is 0 Å². The summed E-state index contributed by atoms with van der Waals surface area (Å²) >= 11 is 0. The minimum Gasteiger partial charge on any atom is -0.357 e. The highest BCUT2D eigenvalue weighted by molar-refractivity contribution is 7.85. The van der Waals surface area contributed by atoms with E-state index in [0.717, 1.165) is 25.2 Å². The number of benzene rings is 1. The number of hydrogen-bond acceptors (Lipinski definition) is 4. The van der Waals surface area contributed by atoms with Gasteiger partial charge in [-0.25, -0.2) is 0 Å². The first-order chi connectivity index (χ1) is 8.93. The lowest BCUT2D eigenvalue weighted by atomic mass is 10.2. The Balaban J connectivity index is 0.000000200. The summed E-state index contributed by atoms with van der Waals surface area (Å²) in [6.07, 6.45) is 3.76. The summed E-state index contributed by atoms with van der Waals surface area (Å²) < 4.78 is 29.6. The molecular weight excluding hydrogens is 264 g/mol. The van der Waals surface area contributed by atoms with Gasteiger partial charge < -0.3 is 4.90 Å². The van der Waals surface area contributed by atoms with Gasteiger partial charge in [0.25, 0.3) is 10.1 Å². The van der Waals surface area contributed by atoms with Crippen LogP contribution in [0.1, 0.15) is 5.56 Å². The zero-order valence-corrected chi connectivity index (χ0v) is 11.7. The van der Waals surface area contributed by atoms with E-state index in [-0.39, 0.29) is 4.90 Å². The van der Waals surface area contributed by atoms with Crippen molar-refractivity contribution in [1.29, 1.82) is 0 Å². The fourth-order valence-corrected chi connectivity index (χ4v) is 1.91. The molecule has 2 rings (SSSR count). The molecule has 0 atom stereocenters. The van der Waals surface area contributed by atoms with E-state index < -0.39 is 10.1 Å². The zero-order valence-electron chi connectivity index (χ0n) is 10.9. The Hall–Kier alpha value is -1.66. The highest BCUT2D eigenvalue weighted by atomic mass is 32.2. The summed E-state index contributed by atoms with van der Waals surface area (Å²) in [5.41, 5.74) is 0.956. The maximum atomic E-state index is 10.5. The van der Waals surface area contributed by atoms with Gasteiger partial charge in [0.15, 0.2) is 0 Å². The van der Waals surface area contributed by atoms with Gasteiger partial charge >= 0.3 is 0 Å². The number of rotatable bonds is 3. The van der Waals surface area contributed by atoms with Gasteiger partial charge in [0.05, 0.1) is 17.8 Å². The van der Waals surface area contributed by atoms with E-state index >= 15 is 0 Å². The van der Waals surface area contributed by atoms with Crippen LogP contribution in [0.3, 0.4) is 0 Å². The second-order valence-corrected chi connectivity index (χ2v) is 5.51. The molecule has 1 heterocycles. The smallest absolute Gasteiger partial charge is 0.294 e. The SMILES string of the molecule is C=CCN1C=NCC1.Cc1ccc(S(=O)(=O)O)cc1. The van der Waals surface area contributed by atoms with Crippen LogP contribution >= 0.6 is 0 Å². The van der Waals surface area contributed by atoms with Crippen LogP contribution in [-0.4, -0.2) is 43.8 Å². The van der Waals surface area contributed by atoms with Crippen LogP contribution in [0.4, 0.5) is 0 Å². The molecule has 1 N–H and O–H groups in total. The van der Waals surface area contributed by atoms with Gasteiger partial charge in [0.2, 0.25) is 0 Å². The first kappa shape index (κ1) is 15.4. The van der Waals surface area contributed by atoms with Crippen LogP contribution in [0.2, 0.25) is 0 Å². The number of aryl methyl sites for hydroxylation is 1. The third-order valence-corrected chi connectivity index (χ3v) is 3.31. The predicted molar refractivity (Wildman–Crippen MR) is 76.1 cm³/mol. The third kappa shape index (κ3) is 5.67. The summed E-state index contributed by atoms with van der Waals surface area (Å²) in [5, 5.41) is 0. The Kier molecular flexibility index (Phi) is 5.72. The maximum Gasteiger partial charge on any atom is 0.294 e. The molecule has 0 aromatic heterocycles. The van der Waals surface area contributed by atoms with Crippen LogP contribution < -0.4 is 0 Å². The number of aliphatic imine (C=N–C) groups is 1. The first-order valence-corrected chi connectivity index (χ1v) is 7.26. The fourth-order valence-electron chi connectivity index (χ4n) is 1.43. The molecule has 1 aliphatic heterocycles. The molecule has 1 aromatic carbocycles. The molecule has 0 unspecified atom stereocenters. The van der Waals surface area contributed by atoms with Crippen molar-refractivity contribution in [3.8, 4) is 0 Å². The van der Waals surface area contributed by atoms with Gasteiger partial charge in [-0.3, -0.25) is 9.55 Å². The topological polar surface area (TPSA) is 70.0 Å². The minimum atomic E-state index is -4.02. The number of nitrogens with zero attached hydrogens (tertiary/aromatic N) is 2. The number of hydrogen-bond donors (Lipinski definition) is 1. The van der Waals surface area contributed by atoms with Crippen molar-refractivity contribution in [2.75, 3.05) is 19.6 Å². The second kappa shape index (κ2) is 7.06. The molecule has 19 heavy (non-hydrogen) atoms. The van der Waals surface area contributed by atoms with E-state index in [9.17, 15) is 8.42 Å². The summed E-state index contributed by atoms with van der Waals surface area (Å²) in [6.45, 7) is 8.41. The standard InChI is InChI=1S/C7H8O3S.C6H10N2/c1-6-2-4-7(5-3-6)11(8,9)10;1-2-4-8-5-3-7-6-8/h2-5H,1H3,(H,8,9,10);2,6H,1,3-5H2. The Bertz CT molecular complexity index is 536. The molecule has 0 bridgehead atoms. The van der Waals surface area contributed by atoms with Crippen molar-refractivity contribution >= 4 is 16.5 Å². The molecule has 0 fully saturated rings. The van der Waals surface area contributed by atoms with Gasteiger partial charge in [-0.1, -0.05) is 23.8 Å². The van der Waals surface area contributed by atoms with Crippen molar-refractivity contribution in [1.82, 2.24) is 4.90 Å². The molecule has 0 amide bonds. The van der Waals surface area contributed by atoms with E-state index in [2.05, 4.69) is 16.5 Å². The van der Waals surface area contributed by atoms with Crippen molar-refractivity contribution < 1.29 is 13.0 Å². The Morgan fingerprint density at radius 2 is 2.05 bits per heavy atom. The second-order valence-electron chi connectivity index (χ2n) is 4.09. The van der Waals surface area contributed by atoms with Crippen LogP contribution in [0.25, 0.3) is 0 Å². The largest absolute Gasteiger partial charge is 0.357 e. The Labute approximate surface area is 114 Å². The molecule has 0 saturated carbocycles. The molecule has 104 valence electrons. The monoisotopic (exact) mass is 282 g/mol. The highest BCUT2D eigenvalue weighted by Crippen LogP contribution is 2.08. The normalized spacial score (nSPS) is 13.9. The minimum absolute atomic E-state index is 0.0666. The Morgan fingerprint density at radius 3 is 2.47 bits per heavy atom. The summed E-state index contributed by atoms with van der Waals surface area (Å²) in [6, 6.07) is 5.99. The van der Waals surface area contributed by atoms with E-state index in [4.69, 9.17) is 4.55 Å². The quantitative estimate of drug-likeness (QED) is 0.677. The van der Waals surface area contributed by atoms with Crippen LogP contribution in [0, 0.1) is 6.92 Å². The van der Waals surface area contributed by atoms with Gasteiger partial charge in [0.1, 0.15) is 0 Å². The Morgan fingerprint density at radius 1 is 1.42 bits per heavy atom. The van der Waals surface area contributed by atoms with Gasteiger partial charge in [-0.15, -0.1) is 6.58 Å².